The fraction of sp³-hybridized carbons (Fsp3) is 0.462. The summed E-state index contributed by atoms with van der Waals surface area (Å²) in [6, 6.07) is 8.12. The standard InChI is InChI=1S/C26H29F2N2O5S.W/c1-16(25(27)28)35-24-6-5-20(36(2,32)33)13-22(24)26(31)30-14-18-11-21(17-3-4-17)23(12-19(18)15-30)29-7-9-34-10-8-29;/h5-6,11-13,16-17H,3-4,7-10,14-15H2,1-2H3;/q-1;/t16-;/m0./s1. The number of nitrogens with zero attached hydrogens (tertiary/aromatic N) is 2. The minimum absolute atomic E-state index is 0. The van der Waals surface area contributed by atoms with Crippen molar-refractivity contribution in [2.75, 3.05) is 37.5 Å². The van der Waals surface area contributed by atoms with Crippen LogP contribution in [-0.4, -0.2) is 57.9 Å². The van der Waals surface area contributed by atoms with Crippen molar-refractivity contribution in [1.82, 2.24) is 4.90 Å². The van der Waals surface area contributed by atoms with E-state index in [1.54, 1.807) is 4.90 Å². The fourth-order valence-electron chi connectivity index (χ4n) is 4.81. The molecule has 0 unspecified atom stereocenters. The van der Waals surface area contributed by atoms with Crippen LogP contribution >= 0.6 is 0 Å². The molecule has 0 radical (unpaired) electrons. The van der Waals surface area contributed by atoms with Crippen molar-refractivity contribution in [2.24, 2.45) is 0 Å². The van der Waals surface area contributed by atoms with Crippen LogP contribution in [0.15, 0.2) is 35.2 Å². The number of ether oxygens (including phenoxy) is 2. The van der Waals surface area contributed by atoms with Crippen LogP contribution in [-0.2, 0) is 48.7 Å². The zero-order valence-electron chi connectivity index (χ0n) is 20.7. The minimum Gasteiger partial charge on any atom is -0.516 e. The molecule has 2 heterocycles. The summed E-state index contributed by atoms with van der Waals surface area (Å²) in [5.74, 6) is -0.00642. The maximum absolute atomic E-state index is 13.6. The predicted molar refractivity (Wildman–Crippen MR) is 130 cm³/mol. The zero-order chi connectivity index (χ0) is 25.6. The number of hydrogen-bond donors (Lipinski definition) is 0. The Bertz CT molecular complexity index is 1280. The predicted octanol–water partition coefficient (Wildman–Crippen LogP) is 4.15. The summed E-state index contributed by atoms with van der Waals surface area (Å²) in [7, 11) is -3.62. The summed E-state index contributed by atoms with van der Waals surface area (Å²) >= 11 is 0. The molecule has 1 atom stereocenters. The summed E-state index contributed by atoms with van der Waals surface area (Å²) in [6.45, 7) is 4.88. The topological polar surface area (TPSA) is 76.2 Å². The van der Waals surface area contributed by atoms with Crippen LogP contribution in [0.5, 0.6) is 5.75 Å². The van der Waals surface area contributed by atoms with Crippen LogP contribution in [0, 0.1) is 6.43 Å². The largest absolute Gasteiger partial charge is 0.516 e. The third-order valence-electron chi connectivity index (χ3n) is 6.95. The second-order valence-electron chi connectivity index (χ2n) is 9.69. The summed E-state index contributed by atoms with van der Waals surface area (Å²) in [6.07, 6.45) is -0.130. The summed E-state index contributed by atoms with van der Waals surface area (Å²) in [5, 5.41) is 0. The van der Waals surface area contributed by atoms with Crippen molar-refractivity contribution in [3.63, 3.8) is 0 Å². The zero-order valence-corrected chi connectivity index (χ0v) is 24.5. The SMILES string of the molecule is C[C@H](Oc1ccc(S(C)(=O)=O)cc1C(=O)N1Cc2cc(C3CC3)c(N3CCOCC3)cc2C1)[C-](F)F.[W]. The van der Waals surface area contributed by atoms with Gasteiger partial charge in [-0.3, -0.25) is 4.79 Å². The molecule has 1 aliphatic carbocycles. The maximum atomic E-state index is 13.6. The van der Waals surface area contributed by atoms with Gasteiger partial charge in [0.05, 0.1) is 23.7 Å². The van der Waals surface area contributed by atoms with Crippen LogP contribution in [0.3, 0.4) is 0 Å². The quantitative estimate of drug-likeness (QED) is 0.404. The van der Waals surface area contributed by atoms with Crippen molar-refractivity contribution in [3.8, 4) is 5.75 Å². The Morgan fingerprint density at radius 1 is 1.11 bits per heavy atom. The first-order valence-electron chi connectivity index (χ1n) is 12.1. The second kappa shape index (κ2) is 11.0. The van der Waals surface area contributed by atoms with E-state index in [1.165, 1.54) is 36.4 Å². The number of anilines is 1. The Labute approximate surface area is 230 Å². The molecule has 0 spiro atoms. The van der Waals surface area contributed by atoms with Gasteiger partial charge in [-0.1, -0.05) is 13.0 Å². The van der Waals surface area contributed by atoms with Gasteiger partial charge < -0.3 is 28.1 Å². The summed E-state index contributed by atoms with van der Waals surface area (Å²) < 4.78 is 61.3. The van der Waals surface area contributed by atoms with Crippen molar-refractivity contribution in [2.45, 2.75) is 49.8 Å². The van der Waals surface area contributed by atoms with Gasteiger partial charge in [0.2, 0.25) is 0 Å². The van der Waals surface area contributed by atoms with Crippen LogP contribution in [0.1, 0.15) is 52.7 Å². The van der Waals surface area contributed by atoms with E-state index in [1.807, 2.05) is 0 Å². The van der Waals surface area contributed by atoms with Gasteiger partial charge in [0.15, 0.2) is 9.84 Å². The van der Waals surface area contributed by atoms with Crippen LogP contribution in [0.4, 0.5) is 14.5 Å². The van der Waals surface area contributed by atoms with E-state index in [-0.39, 0.29) is 37.3 Å². The molecule has 37 heavy (non-hydrogen) atoms. The van der Waals surface area contributed by atoms with E-state index < -0.39 is 28.3 Å². The molecule has 3 aliphatic rings. The molecule has 1 saturated carbocycles. The van der Waals surface area contributed by atoms with Crippen LogP contribution < -0.4 is 9.64 Å². The number of sulfone groups is 1. The number of carbonyl (C=O) groups is 1. The van der Waals surface area contributed by atoms with Gasteiger partial charge in [-0.25, -0.2) is 8.42 Å². The molecule has 0 bridgehead atoms. The van der Waals surface area contributed by atoms with Crippen molar-refractivity contribution < 1.29 is 52.5 Å². The first kappa shape index (κ1) is 28.0. The van der Waals surface area contributed by atoms with Crippen molar-refractivity contribution in [1.29, 1.82) is 0 Å². The maximum Gasteiger partial charge on any atom is 0.258 e. The summed E-state index contributed by atoms with van der Waals surface area (Å²) in [4.78, 5) is 17.5. The van der Waals surface area contributed by atoms with Crippen LogP contribution in [0.2, 0.25) is 0 Å². The second-order valence-corrected chi connectivity index (χ2v) is 11.7. The normalized spacial score (nSPS) is 18.4. The van der Waals surface area contributed by atoms with Gasteiger partial charge >= 0.3 is 0 Å². The number of carbonyl (C=O) groups excluding carboxylic acids is 1. The molecule has 0 N–H and O–H groups in total. The van der Waals surface area contributed by atoms with Gasteiger partial charge in [0, 0.05) is 71.7 Å². The molecule has 2 aromatic carbocycles. The number of morpholine rings is 1. The molecule has 200 valence electrons. The average Bonchev–Trinajstić information content (AvgIpc) is 3.61. The van der Waals surface area contributed by atoms with E-state index in [9.17, 15) is 22.0 Å². The third kappa shape index (κ3) is 6.02. The van der Waals surface area contributed by atoms with Gasteiger partial charge in [-0.2, -0.15) is 0 Å². The molecule has 2 aliphatic heterocycles. The molecule has 7 nitrogen and oxygen atoms in total. The van der Waals surface area contributed by atoms with E-state index in [4.69, 9.17) is 9.47 Å². The third-order valence-corrected chi connectivity index (χ3v) is 8.06. The first-order valence-corrected chi connectivity index (χ1v) is 14.0. The molecule has 1 saturated heterocycles. The number of amides is 1. The number of hydrogen-bond acceptors (Lipinski definition) is 6. The Kier molecular flexibility index (Phi) is 8.31. The summed E-state index contributed by atoms with van der Waals surface area (Å²) in [5.41, 5.74) is 4.54. The monoisotopic (exact) mass is 703 g/mol. The smallest absolute Gasteiger partial charge is 0.258 e. The van der Waals surface area contributed by atoms with Gasteiger partial charge in [-0.05, 0) is 59.7 Å². The average molecular weight is 703 g/mol. The Morgan fingerprint density at radius 3 is 2.35 bits per heavy atom. The van der Waals surface area contributed by atoms with E-state index >= 15 is 0 Å². The molecule has 2 aromatic rings. The Morgan fingerprint density at radius 2 is 1.76 bits per heavy atom. The first-order chi connectivity index (χ1) is 17.1. The number of benzene rings is 2. The molecule has 1 amide bonds. The molecular weight excluding hydrogens is 674 g/mol. The van der Waals surface area contributed by atoms with Crippen LogP contribution in [0.25, 0.3) is 0 Å². The number of rotatable bonds is 7. The number of fused-ring (bicyclic) bond motifs is 1. The molecule has 2 fully saturated rings. The van der Waals surface area contributed by atoms with Gasteiger partial charge in [0.25, 0.3) is 5.91 Å². The Hall–Kier alpha value is -2.03. The van der Waals surface area contributed by atoms with E-state index in [0.717, 1.165) is 43.3 Å². The van der Waals surface area contributed by atoms with Crippen molar-refractivity contribution >= 4 is 21.4 Å². The number of halogens is 2. The molecule has 0 aromatic heterocycles. The Balaban J connectivity index is 0.00000320. The van der Waals surface area contributed by atoms with E-state index in [0.29, 0.717) is 32.2 Å². The fourth-order valence-corrected chi connectivity index (χ4v) is 5.46. The molecular formula is C26H29F2N2O5SW-. The minimum atomic E-state index is -3.62. The van der Waals surface area contributed by atoms with E-state index in [2.05, 4.69) is 17.0 Å². The van der Waals surface area contributed by atoms with Gasteiger partial charge in [-0.15, -0.1) is 0 Å². The molecule has 11 heteroatoms. The molecule has 5 rings (SSSR count). The van der Waals surface area contributed by atoms with Gasteiger partial charge in [0.1, 0.15) is 5.75 Å². The van der Waals surface area contributed by atoms with Crippen molar-refractivity contribution in [3.05, 3.63) is 59.0 Å².